The van der Waals surface area contributed by atoms with Gasteiger partial charge in [-0.3, -0.25) is 14.4 Å². The molecule has 2 aliphatic heterocycles. The summed E-state index contributed by atoms with van der Waals surface area (Å²) in [6.07, 6.45) is 0.0951. The number of rotatable bonds is 3. The number of anilines is 1. The number of aryl methyl sites for hydroxylation is 1. The minimum atomic E-state index is -0.895. The molecule has 2 amide bonds. The molecule has 0 aliphatic carbocycles. The van der Waals surface area contributed by atoms with E-state index in [-0.39, 0.29) is 43.1 Å². The SMILES string of the molecule is Cc1cc(N2CC(C(=O)N3C[C@@H](C)[C@H](C(=O)O)C3)CC2=O)ccc1F. The van der Waals surface area contributed by atoms with Crippen LogP contribution in [0, 0.1) is 30.5 Å². The smallest absolute Gasteiger partial charge is 0.308 e. The van der Waals surface area contributed by atoms with Crippen LogP contribution < -0.4 is 4.90 Å². The molecule has 0 bridgehead atoms. The van der Waals surface area contributed by atoms with E-state index in [0.29, 0.717) is 17.8 Å². The fourth-order valence-electron chi connectivity index (χ4n) is 3.65. The summed E-state index contributed by atoms with van der Waals surface area (Å²) >= 11 is 0. The second-order valence-electron chi connectivity index (χ2n) is 7.00. The van der Waals surface area contributed by atoms with Crippen LogP contribution in [-0.2, 0) is 14.4 Å². The molecular weight excluding hydrogens is 327 g/mol. The lowest BCUT2D eigenvalue weighted by atomic mass is 9.99. The number of hydrogen-bond donors (Lipinski definition) is 1. The number of carboxylic acid groups (broad SMARTS) is 1. The van der Waals surface area contributed by atoms with Crippen molar-refractivity contribution in [3.63, 3.8) is 0 Å². The van der Waals surface area contributed by atoms with Gasteiger partial charge in [0.15, 0.2) is 0 Å². The molecule has 2 aliphatic rings. The molecule has 1 N–H and O–H groups in total. The maximum absolute atomic E-state index is 13.4. The molecule has 6 nitrogen and oxygen atoms in total. The zero-order valence-electron chi connectivity index (χ0n) is 14.2. The Labute approximate surface area is 145 Å². The van der Waals surface area contributed by atoms with E-state index in [1.165, 1.54) is 17.0 Å². The van der Waals surface area contributed by atoms with Gasteiger partial charge in [0.05, 0.1) is 11.8 Å². The van der Waals surface area contributed by atoms with Gasteiger partial charge in [-0.1, -0.05) is 6.92 Å². The predicted molar refractivity (Wildman–Crippen MR) is 88.5 cm³/mol. The van der Waals surface area contributed by atoms with Crippen molar-refractivity contribution >= 4 is 23.5 Å². The standard InChI is InChI=1S/C18H21FN2O4/c1-10-5-13(3-4-15(10)19)21-8-12(6-16(21)22)17(23)20-7-11(2)14(9-20)18(24)25/h3-5,11-12,14H,6-9H2,1-2H3,(H,24,25)/t11-,12?,14-/m1/s1. The molecule has 1 aromatic carbocycles. The first-order valence-corrected chi connectivity index (χ1v) is 8.36. The Morgan fingerprint density at radius 3 is 2.56 bits per heavy atom. The van der Waals surface area contributed by atoms with Crippen molar-refractivity contribution in [2.75, 3.05) is 24.5 Å². The molecule has 2 heterocycles. The fourth-order valence-corrected chi connectivity index (χ4v) is 3.65. The molecule has 0 saturated carbocycles. The number of amides is 2. The molecule has 3 rings (SSSR count). The number of carbonyl (C=O) groups is 3. The van der Waals surface area contributed by atoms with E-state index in [9.17, 15) is 23.9 Å². The minimum Gasteiger partial charge on any atom is -0.481 e. The number of likely N-dealkylation sites (tertiary alicyclic amines) is 1. The Kier molecular flexibility index (Phi) is 4.49. The van der Waals surface area contributed by atoms with E-state index in [0.717, 1.165) is 0 Å². The summed E-state index contributed by atoms with van der Waals surface area (Å²) in [5.41, 5.74) is 1.02. The van der Waals surface area contributed by atoms with Crippen LogP contribution in [0.25, 0.3) is 0 Å². The second kappa shape index (κ2) is 6.46. The van der Waals surface area contributed by atoms with Crippen LogP contribution in [0.4, 0.5) is 10.1 Å². The molecule has 3 atom stereocenters. The van der Waals surface area contributed by atoms with Crippen LogP contribution in [0.5, 0.6) is 0 Å². The van der Waals surface area contributed by atoms with Crippen LogP contribution in [-0.4, -0.2) is 47.4 Å². The van der Waals surface area contributed by atoms with Crippen molar-refractivity contribution in [3.05, 3.63) is 29.6 Å². The monoisotopic (exact) mass is 348 g/mol. The molecule has 1 unspecified atom stereocenters. The second-order valence-corrected chi connectivity index (χ2v) is 7.00. The first-order chi connectivity index (χ1) is 11.8. The number of halogens is 1. The molecule has 0 spiro atoms. The van der Waals surface area contributed by atoms with Crippen molar-refractivity contribution in [3.8, 4) is 0 Å². The normalized spacial score (nSPS) is 26.4. The van der Waals surface area contributed by atoms with Gasteiger partial charge in [0, 0.05) is 31.7 Å². The van der Waals surface area contributed by atoms with Crippen LogP contribution in [0.2, 0.25) is 0 Å². The minimum absolute atomic E-state index is 0.0951. The van der Waals surface area contributed by atoms with Crippen molar-refractivity contribution in [2.24, 2.45) is 17.8 Å². The lowest BCUT2D eigenvalue weighted by Crippen LogP contribution is -2.36. The van der Waals surface area contributed by atoms with Crippen molar-refractivity contribution < 1.29 is 23.9 Å². The molecule has 2 saturated heterocycles. The van der Waals surface area contributed by atoms with E-state index >= 15 is 0 Å². The summed E-state index contributed by atoms with van der Waals surface area (Å²) < 4.78 is 13.4. The van der Waals surface area contributed by atoms with Crippen LogP contribution in [0.3, 0.4) is 0 Å². The van der Waals surface area contributed by atoms with Crippen molar-refractivity contribution in [2.45, 2.75) is 20.3 Å². The number of aliphatic carboxylic acids is 1. The highest BCUT2D eigenvalue weighted by Gasteiger charge is 2.42. The maximum Gasteiger partial charge on any atom is 0.308 e. The van der Waals surface area contributed by atoms with Crippen LogP contribution in [0.1, 0.15) is 18.9 Å². The Morgan fingerprint density at radius 2 is 1.96 bits per heavy atom. The molecule has 1 aromatic rings. The van der Waals surface area contributed by atoms with Crippen LogP contribution >= 0.6 is 0 Å². The van der Waals surface area contributed by atoms with Gasteiger partial charge in [-0.15, -0.1) is 0 Å². The molecule has 25 heavy (non-hydrogen) atoms. The number of benzene rings is 1. The van der Waals surface area contributed by atoms with Gasteiger partial charge < -0.3 is 14.9 Å². The van der Waals surface area contributed by atoms with Crippen molar-refractivity contribution in [1.29, 1.82) is 0 Å². The molecule has 7 heteroatoms. The third kappa shape index (κ3) is 3.23. The average Bonchev–Trinajstić information content (AvgIpc) is 3.13. The van der Waals surface area contributed by atoms with E-state index in [1.54, 1.807) is 17.9 Å². The number of carbonyl (C=O) groups excluding carboxylic acids is 2. The van der Waals surface area contributed by atoms with Crippen LogP contribution in [0.15, 0.2) is 18.2 Å². The Balaban J connectivity index is 1.71. The molecule has 2 fully saturated rings. The van der Waals surface area contributed by atoms with Gasteiger partial charge in [0.1, 0.15) is 5.82 Å². The zero-order chi connectivity index (χ0) is 18.3. The summed E-state index contributed by atoms with van der Waals surface area (Å²) in [5.74, 6) is -2.73. The molecule has 0 radical (unpaired) electrons. The summed E-state index contributed by atoms with van der Waals surface area (Å²) in [5, 5.41) is 9.20. The Hall–Kier alpha value is -2.44. The fraction of sp³-hybridized carbons (Fsp3) is 0.500. The van der Waals surface area contributed by atoms with E-state index in [2.05, 4.69) is 0 Å². The van der Waals surface area contributed by atoms with E-state index in [1.807, 2.05) is 6.92 Å². The molecule has 0 aromatic heterocycles. The summed E-state index contributed by atoms with van der Waals surface area (Å²) in [4.78, 5) is 39.3. The van der Waals surface area contributed by atoms with Gasteiger partial charge in [-0.05, 0) is 36.6 Å². The topological polar surface area (TPSA) is 77.9 Å². The van der Waals surface area contributed by atoms with E-state index in [4.69, 9.17) is 0 Å². The van der Waals surface area contributed by atoms with E-state index < -0.39 is 17.8 Å². The lowest BCUT2D eigenvalue weighted by molar-refractivity contribution is -0.142. The zero-order valence-corrected chi connectivity index (χ0v) is 14.2. The summed E-state index contributed by atoms with van der Waals surface area (Å²) in [6, 6.07) is 4.44. The van der Waals surface area contributed by atoms with Gasteiger partial charge in [-0.25, -0.2) is 4.39 Å². The first kappa shape index (κ1) is 17.4. The largest absolute Gasteiger partial charge is 0.481 e. The molecular formula is C18H21FN2O4. The van der Waals surface area contributed by atoms with Gasteiger partial charge >= 0.3 is 5.97 Å². The predicted octanol–water partition coefficient (Wildman–Crippen LogP) is 1.67. The highest BCUT2D eigenvalue weighted by Crippen LogP contribution is 2.30. The number of nitrogens with zero attached hydrogens (tertiary/aromatic N) is 2. The number of hydrogen-bond acceptors (Lipinski definition) is 3. The number of carboxylic acids is 1. The highest BCUT2D eigenvalue weighted by molar-refractivity contribution is 6.00. The third-order valence-corrected chi connectivity index (χ3v) is 5.17. The Bertz CT molecular complexity index is 736. The van der Waals surface area contributed by atoms with Gasteiger partial charge in [0.2, 0.25) is 11.8 Å². The summed E-state index contributed by atoms with van der Waals surface area (Å²) in [7, 11) is 0. The Morgan fingerprint density at radius 1 is 1.24 bits per heavy atom. The maximum atomic E-state index is 13.4. The average molecular weight is 348 g/mol. The third-order valence-electron chi connectivity index (χ3n) is 5.17. The van der Waals surface area contributed by atoms with Crippen molar-refractivity contribution in [1.82, 2.24) is 4.90 Å². The van der Waals surface area contributed by atoms with Gasteiger partial charge in [-0.2, -0.15) is 0 Å². The van der Waals surface area contributed by atoms with Gasteiger partial charge in [0.25, 0.3) is 0 Å². The first-order valence-electron chi connectivity index (χ1n) is 8.36. The quantitative estimate of drug-likeness (QED) is 0.901. The summed E-state index contributed by atoms with van der Waals surface area (Å²) in [6.45, 7) is 4.27. The lowest BCUT2D eigenvalue weighted by Gasteiger charge is -2.21. The molecule has 134 valence electrons. The highest BCUT2D eigenvalue weighted by atomic mass is 19.1.